The second kappa shape index (κ2) is 5.30. The van der Waals surface area contributed by atoms with E-state index >= 15 is 0 Å². The molecule has 0 bridgehead atoms. The molecular weight excluding hydrogens is 284 g/mol. The van der Waals surface area contributed by atoms with E-state index in [1.807, 2.05) is 11.4 Å². The van der Waals surface area contributed by atoms with Crippen molar-refractivity contribution in [3.05, 3.63) is 16.7 Å². The number of halogens is 1. The van der Waals surface area contributed by atoms with Crippen molar-refractivity contribution in [2.45, 2.75) is 25.3 Å². The van der Waals surface area contributed by atoms with Crippen LogP contribution in [0.1, 0.15) is 19.3 Å². The summed E-state index contributed by atoms with van der Waals surface area (Å²) in [7, 11) is 0. The monoisotopic (exact) mass is 296 g/mol. The Balaban J connectivity index is 1.61. The van der Waals surface area contributed by atoms with Gasteiger partial charge in [-0.2, -0.15) is 0 Å². The fraction of sp³-hybridized carbons (Fsp3) is 0.417. The van der Waals surface area contributed by atoms with Crippen molar-refractivity contribution in [2.75, 3.05) is 11.9 Å². The predicted octanol–water partition coefficient (Wildman–Crippen LogP) is 2.43. The zero-order chi connectivity index (χ0) is 13.2. The fourth-order valence-electron chi connectivity index (χ4n) is 1.79. The van der Waals surface area contributed by atoms with Crippen LogP contribution in [0, 0.1) is 0 Å². The molecule has 1 fully saturated rings. The standard InChI is InChI=1S/C12H13ClN4OS/c13-12-16-10(8-4-6-19-11(8)17-12)14-5-3-9(18)15-7-1-2-7/h4,6-7H,1-3,5H2,(H,15,18)(H,14,16,17). The summed E-state index contributed by atoms with van der Waals surface area (Å²) in [6.07, 6.45) is 2.65. The lowest BCUT2D eigenvalue weighted by Crippen LogP contribution is -2.27. The van der Waals surface area contributed by atoms with E-state index in [1.54, 1.807) is 0 Å². The molecule has 0 radical (unpaired) electrons. The molecule has 0 aliphatic heterocycles. The van der Waals surface area contributed by atoms with E-state index in [9.17, 15) is 4.79 Å². The van der Waals surface area contributed by atoms with E-state index in [2.05, 4.69) is 20.6 Å². The summed E-state index contributed by atoms with van der Waals surface area (Å²) in [5, 5.41) is 9.21. The first kappa shape index (κ1) is 12.6. The molecule has 2 aromatic rings. The lowest BCUT2D eigenvalue weighted by molar-refractivity contribution is -0.120. The first-order chi connectivity index (χ1) is 9.22. The van der Waals surface area contributed by atoms with Gasteiger partial charge >= 0.3 is 0 Å². The van der Waals surface area contributed by atoms with Gasteiger partial charge in [0.25, 0.3) is 0 Å². The van der Waals surface area contributed by atoms with E-state index in [0.29, 0.717) is 24.8 Å². The SMILES string of the molecule is O=C(CCNc1nc(Cl)nc2sccc12)NC1CC1. The first-order valence-corrected chi connectivity index (χ1v) is 7.42. The van der Waals surface area contributed by atoms with Crippen molar-refractivity contribution in [1.82, 2.24) is 15.3 Å². The Morgan fingerprint density at radius 2 is 2.32 bits per heavy atom. The smallest absolute Gasteiger partial charge is 0.225 e. The number of anilines is 1. The van der Waals surface area contributed by atoms with Crippen molar-refractivity contribution in [3.63, 3.8) is 0 Å². The molecule has 19 heavy (non-hydrogen) atoms. The van der Waals surface area contributed by atoms with Crippen LogP contribution < -0.4 is 10.6 Å². The zero-order valence-electron chi connectivity index (χ0n) is 10.1. The molecule has 0 aromatic carbocycles. The summed E-state index contributed by atoms with van der Waals surface area (Å²) in [6, 6.07) is 2.35. The topological polar surface area (TPSA) is 66.9 Å². The molecule has 7 heteroatoms. The lowest BCUT2D eigenvalue weighted by Gasteiger charge is -2.07. The molecule has 0 atom stereocenters. The molecule has 0 saturated heterocycles. The number of hydrogen-bond donors (Lipinski definition) is 2. The minimum atomic E-state index is 0.0803. The van der Waals surface area contributed by atoms with Crippen molar-refractivity contribution in [2.24, 2.45) is 0 Å². The average molecular weight is 297 g/mol. The third-order valence-electron chi connectivity index (χ3n) is 2.88. The van der Waals surface area contributed by atoms with Crippen LogP contribution in [0.15, 0.2) is 11.4 Å². The molecule has 2 aromatic heterocycles. The number of amides is 1. The minimum Gasteiger partial charge on any atom is -0.369 e. The van der Waals surface area contributed by atoms with Gasteiger partial charge in [0.1, 0.15) is 10.6 Å². The molecule has 2 N–H and O–H groups in total. The van der Waals surface area contributed by atoms with E-state index < -0.39 is 0 Å². The van der Waals surface area contributed by atoms with Crippen molar-refractivity contribution < 1.29 is 4.79 Å². The maximum atomic E-state index is 11.6. The Hall–Kier alpha value is -1.40. The van der Waals surface area contributed by atoms with E-state index in [0.717, 1.165) is 23.1 Å². The maximum Gasteiger partial charge on any atom is 0.225 e. The van der Waals surface area contributed by atoms with Gasteiger partial charge in [-0.1, -0.05) is 0 Å². The molecular formula is C12H13ClN4OS. The molecule has 5 nitrogen and oxygen atoms in total. The summed E-state index contributed by atoms with van der Waals surface area (Å²) in [5.74, 6) is 0.771. The molecule has 100 valence electrons. The number of nitrogens with zero attached hydrogens (tertiary/aromatic N) is 2. The van der Waals surface area contributed by atoms with Gasteiger partial charge < -0.3 is 10.6 Å². The summed E-state index contributed by atoms with van der Waals surface area (Å²) >= 11 is 7.38. The normalized spacial score (nSPS) is 14.6. The quantitative estimate of drug-likeness (QED) is 0.832. The number of carbonyl (C=O) groups excluding carboxylic acids is 1. The Bertz CT molecular complexity index is 611. The van der Waals surface area contributed by atoms with Gasteiger partial charge in [-0.15, -0.1) is 11.3 Å². The van der Waals surface area contributed by atoms with Gasteiger partial charge in [0.15, 0.2) is 0 Å². The highest BCUT2D eigenvalue weighted by atomic mass is 35.5. The number of hydrogen-bond acceptors (Lipinski definition) is 5. The Kier molecular flexibility index (Phi) is 3.52. The number of nitrogens with one attached hydrogen (secondary N) is 2. The molecule has 3 rings (SSSR count). The van der Waals surface area contributed by atoms with E-state index in [1.165, 1.54) is 11.3 Å². The Morgan fingerprint density at radius 1 is 1.47 bits per heavy atom. The average Bonchev–Trinajstić information content (AvgIpc) is 3.04. The van der Waals surface area contributed by atoms with Gasteiger partial charge in [0.05, 0.1) is 5.39 Å². The fourth-order valence-corrected chi connectivity index (χ4v) is 2.77. The number of rotatable bonds is 5. The summed E-state index contributed by atoms with van der Waals surface area (Å²) in [5.41, 5.74) is 0. The second-order valence-electron chi connectivity index (χ2n) is 4.50. The molecule has 1 amide bonds. The highest BCUT2D eigenvalue weighted by Crippen LogP contribution is 2.26. The van der Waals surface area contributed by atoms with Crippen LogP contribution in [0.5, 0.6) is 0 Å². The molecule has 2 heterocycles. The Labute approximate surface area is 119 Å². The van der Waals surface area contributed by atoms with Crippen LogP contribution in [0.2, 0.25) is 5.28 Å². The van der Waals surface area contributed by atoms with E-state index in [-0.39, 0.29) is 11.2 Å². The van der Waals surface area contributed by atoms with Crippen molar-refractivity contribution >= 4 is 44.9 Å². The van der Waals surface area contributed by atoms with Crippen LogP contribution in [-0.4, -0.2) is 28.5 Å². The maximum absolute atomic E-state index is 11.6. The first-order valence-electron chi connectivity index (χ1n) is 6.16. The highest BCUT2D eigenvalue weighted by molar-refractivity contribution is 7.16. The van der Waals surface area contributed by atoms with Gasteiger partial charge in [-0.05, 0) is 35.9 Å². The largest absolute Gasteiger partial charge is 0.369 e. The number of fused-ring (bicyclic) bond motifs is 1. The predicted molar refractivity (Wildman–Crippen MR) is 76.7 cm³/mol. The second-order valence-corrected chi connectivity index (χ2v) is 5.73. The molecule has 1 aliphatic carbocycles. The minimum absolute atomic E-state index is 0.0803. The third-order valence-corrected chi connectivity index (χ3v) is 3.86. The molecule has 0 spiro atoms. The summed E-state index contributed by atoms with van der Waals surface area (Å²) in [6.45, 7) is 0.539. The number of thiophene rings is 1. The van der Waals surface area contributed by atoms with Crippen LogP contribution >= 0.6 is 22.9 Å². The molecule has 0 unspecified atom stereocenters. The van der Waals surface area contributed by atoms with Crippen LogP contribution in [0.3, 0.4) is 0 Å². The summed E-state index contributed by atoms with van der Waals surface area (Å²) in [4.78, 5) is 20.7. The van der Waals surface area contributed by atoms with Crippen molar-refractivity contribution in [1.29, 1.82) is 0 Å². The number of carbonyl (C=O) groups is 1. The summed E-state index contributed by atoms with van der Waals surface area (Å²) < 4.78 is 0. The van der Waals surface area contributed by atoms with Gasteiger partial charge in [-0.25, -0.2) is 9.97 Å². The van der Waals surface area contributed by atoms with Gasteiger partial charge in [0, 0.05) is 19.0 Å². The zero-order valence-corrected chi connectivity index (χ0v) is 11.7. The van der Waals surface area contributed by atoms with Gasteiger partial charge in [0.2, 0.25) is 11.2 Å². The highest BCUT2D eigenvalue weighted by Gasteiger charge is 2.22. The third kappa shape index (κ3) is 3.13. The van der Waals surface area contributed by atoms with Crippen LogP contribution in [0.4, 0.5) is 5.82 Å². The van der Waals surface area contributed by atoms with Crippen molar-refractivity contribution in [3.8, 4) is 0 Å². The lowest BCUT2D eigenvalue weighted by atomic mass is 10.3. The van der Waals surface area contributed by atoms with Crippen LogP contribution in [-0.2, 0) is 4.79 Å². The molecule has 1 saturated carbocycles. The van der Waals surface area contributed by atoms with Crippen LogP contribution in [0.25, 0.3) is 10.2 Å². The molecule has 1 aliphatic rings. The number of aromatic nitrogens is 2. The van der Waals surface area contributed by atoms with Gasteiger partial charge in [-0.3, -0.25) is 4.79 Å². The Morgan fingerprint density at radius 3 is 3.11 bits per heavy atom. The van der Waals surface area contributed by atoms with E-state index in [4.69, 9.17) is 11.6 Å².